The SMILES string of the molecule is CC(=O)C1CCCN(C(=O)c2cc(Cc3ccccc3)no2)C1. The molecule has 23 heavy (non-hydrogen) atoms. The molecule has 1 saturated heterocycles. The second kappa shape index (κ2) is 6.77. The van der Waals surface area contributed by atoms with Crippen molar-refractivity contribution in [3.05, 3.63) is 53.4 Å². The minimum absolute atomic E-state index is 0.0561. The first-order valence-electron chi connectivity index (χ1n) is 7.92. The van der Waals surface area contributed by atoms with Crippen molar-refractivity contribution in [1.82, 2.24) is 10.1 Å². The number of hydrogen-bond acceptors (Lipinski definition) is 4. The molecular weight excluding hydrogens is 292 g/mol. The Kier molecular flexibility index (Phi) is 4.55. The average Bonchev–Trinajstić information content (AvgIpc) is 3.03. The zero-order chi connectivity index (χ0) is 16.2. The molecule has 0 saturated carbocycles. The third-order valence-corrected chi connectivity index (χ3v) is 4.28. The summed E-state index contributed by atoms with van der Waals surface area (Å²) in [7, 11) is 0. The van der Waals surface area contributed by atoms with Gasteiger partial charge >= 0.3 is 0 Å². The van der Waals surface area contributed by atoms with Crippen molar-refractivity contribution in [1.29, 1.82) is 0 Å². The number of carbonyl (C=O) groups is 2. The van der Waals surface area contributed by atoms with Crippen LogP contribution in [0.1, 0.15) is 41.6 Å². The summed E-state index contributed by atoms with van der Waals surface area (Å²) in [5.41, 5.74) is 1.86. The molecule has 1 atom stereocenters. The van der Waals surface area contributed by atoms with E-state index in [0.717, 1.165) is 24.1 Å². The van der Waals surface area contributed by atoms with E-state index < -0.39 is 0 Å². The number of rotatable bonds is 4. The Morgan fingerprint density at radius 1 is 1.30 bits per heavy atom. The van der Waals surface area contributed by atoms with E-state index in [0.29, 0.717) is 19.5 Å². The van der Waals surface area contributed by atoms with Gasteiger partial charge in [-0.05, 0) is 25.3 Å². The molecule has 1 aromatic carbocycles. The maximum absolute atomic E-state index is 12.5. The van der Waals surface area contributed by atoms with Crippen molar-refractivity contribution in [3.8, 4) is 0 Å². The van der Waals surface area contributed by atoms with Gasteiger partial charge in [0.2, 0.25) is 5.76 Å². The number of amides is 1. The van der Waals surface area contributed by atoms with Gasteiger partial charge in [0.05, 0.1) is 5.69 Å². The van der Waals surface area contributed by atoms with Crippen LogP contribution in [0.5, 0.6) is 0 Å². The first-order chi connectivity index (χ1) is 11.1. The summed E-state index contributed by atoms with van der Waals surface area (Å²) in [6.07, 6.45) is 2.34. The molecule has 5 nitrogen and oxygen atoms in total. The lowest BCUT2D eigenvalue weighted by molar-refractivity contribution is -0.122. The fourth-order valence-corrected chi connectivity index (χ4v) is 2.95. The predicted octanol–water partition coefficient (Wildman–Crippen LogP) is 2.71. The predicted molar refractivity (Wildman–Crippen MR) is 85.1 cm³/mol. The third-order valence-electron chi connectivity index (χ3n) is 4.28. The lowest BCUT2D eigenvalue weighted by Gasteiger charge is -2.30. The minimum Gasteiger partial charge on any atom is -0.351 e. The molecule has 1 aliphatic rings. The Morgan fingerprint density at radius 3 is 2.83 bits per heavy atom. The summed E-state index contributed by atoms with van der Waals surface area (Å²) >= 11 is 0. The van der Waals surface area contributed by atoms with Crippen LogP contribution < -0.4 is 0 Å². The molecule has 1 fully saturated rings. The highest BCUT2D eigenvalue weighted by Gasteiger charge is 2.28. The summed E-state index contributed by atoms with van der Waals surface area (Å²) in [5.74, 6) is 0.159. The molecule has 120 valence electrons. The third kappa shape index (κ3) is 3.67. The standard InChI is InChI=1S/C18H20N2O3/c1-13(21)15-8-5-9-20(12-15)18(22)17-11-16(19-23-17)10-14-6-3-2-4-7-14/h2-4,6-7,11,15H,5,8-10,12H2,1H3. The van der Waals surface area contributed by atoms with Crippen molar-refractivity contribution in [2.24, 2.45) is 5.92 Å². The Morgan fingerprint density at radius 2 is 2.09 bits per heavy atom. The van der Waals surface area contributed by atoms with E-state index in [1.807, 2.05) is 30.3 Å². The van der Waals surface area contributed by atoms with Gasteiger partial charge < -0.3 is 9.42 Å². The molecule has 2 aromatic rings. The van der Waals surface area contributed by atoms with E-state index >= 15 is 0 Å². The molecule has 0 spiro atoms. The number of benzene rings is 1. The van der Waals surface area contributed by atoms with Crippen LogP contribution in [-0.2, 0) is 11.2 Å². The number of ketones is 1. The van der Waals surface area contributed by atoms with Crippen LogP contribution >= 0.6 is 0 Å². The molecular formula is C18H20N2O3. The van der Waals surface area contributed by atoms with Crippen LogP contribution in [0.3, 0.4) is 0 Å². The summed E-state index contributed by atoms with van der Waals surface area (Å²) in [6, 6.07) is 11.6. The maximum atomic E-state index is 12.5. The molecule has 0 N–H and O–H groups in total. The molecule has 1 aromatic heterocycles. The van der Waals surface area contributed by atoms with E-state index in [1.54, 1.807) is 17.9 Å². The van der Waals surface area contributed by atoms with E-state index in [4.69, 9.17) is 4.52 Å². The zero-order valence-corrected chi connectivity index (χ0v) is 13.2. The smallest absolute Gasteiger partial charge is 0.292 e. The first kappa shape index (κ1) is 15.5. The van der Waals surface area contributed by atoms with E-state index in [1.165, 1.54) is 0 Å². The number of likely N-dealkylation sites (tertiary alicyclic amines) is 1. The monoisotopic (exact) mass is 312 g/mol. The van der Waals surface area contributed by atoms with Crippen LogP contribution in [0.25, 0.3) is 0 Å². The van der Waals surface area contributed by atoms with Crippen molar-refractivity contribution < 1.29 is 14.1 Å². The van der Waals surface area contributed by atoms with Gasteiger partial charge in [0, 0.05) is 31.5 Å². The van der Waals surface area contributed by atoms with E-state index in [9.17, 15) is 9.59 Å². The number of hydrogen-bond donors (Lipinski definition) is 0. The Balaban J connectivity index is 1.67. The molecule has 0 bridgehead atoms. The highest BCUT2D eigenvalue weighted by atomic mass is 16.5. The largest absolute Gasteiger partial charge is 0.351 e. The fourth-order valence-electron chi connectivity index (χ4n) is 2.95. The number of aromatic nitrogens is 1. The normalized spacial score (nSPS) is 18.0. The molecule has 3 rings (SSSR count). The molecule has 0 radical (unpaired) electrons. The van der Waals surface area contributed by atoms with E-state index in [2.05, 4.69) is 5.16 Å². The first-order valence-corrected chi connectivity index (χ1v) is 7.92. The van der Waals surface area contributed by atoms with Crippen LogP contribution in [0.4, 0.5) is 0 Å². The molecule has 1 amide bonds. The van der Waals surface area contributed by atoms with Crippen LogP contribution in [0.15, 0.2) is 40.9 Å². The topological polar surface area (TPSA) is 63.4 Å². The zero-order valence-electron chi connectivity index (χ0n) is 13.2. The highest BCUT2D eigenvalue weighted by Crippen LogP contribution is 2.20. The van der Waals surface area contributed by atoms with Crippen LogP contribution in [0, 0.1) is 5.92 Å². The quantitative estimate of drug-likeness (QED) is 0.871. The van der Waals surface area contributed by atoms with Crippen molar-refractivity contribution >= 4 is 11.7 Å². The number of carbonyl (C=O) groups excluding carboxylic acids is 2. The second-order valence-corrected chi connectivity index (χ2v) is 6.05. The molecule has 1 unspecified atom stereocenters. The van der Waals surface area contributed by atoms with Gasteiger partial charge in [0.25, 0.3) is 5.91 Å². The van der Waals surface area contributed by atoms with Crippen molar-refractivity contribution in [2.45, 2.75) is 26.2 Å². The molecule has 0 aliphatic carbocycles. The molecule has 5 heteroatoms. The van der Waals surface area contributed by atoms with Crippen LogP contribution in [0.2, 0.25) is 0 Å². The van der Waals surface area contributed by atoms with Gasteiger partial charge in [-0.3, -0.25) is 9.59 Å². The average molecular weight is 312 g/mol. The Bertz CT molecular complexity index is 693. The summed E-state index contributed by atoms with van der Waals surface area (Å²) in [6.45, 7) is 2.73. The van der Waals surface area contributed by atoms with E-state index in [-0.39, 0.29) is 23.4 Å². The van der Waals surface area contributed by atoms with Gasteiger partial charge in [-0.1, -0.05) is 35.5 Å². The number of Topliss-reactive ketones (excluding diaryl/α,β-unsaturated/α-hetero) is 1. The van der Waals surface area contributed by atoms with Gasteiger partial charge in [-0.2, -0.15) is 0 Å². The number of nitrogens with zero attached hydrogens (tertiary/aromatic N) is 2. The number of piperidine rings is 1. The lowest BCUT2D eigenvalue weighted by Crippen LogP contribution is -2.41. The fraction of sp³-hybridized carbons (Fsp3) is 0.389. The van der Waals surface area contributed by atoms with Gasteiger partial charge in [0.1, 0.15) is 5.78 Å². The minimum atomic E-state index is -0.178. The van der Waals surface area contributed by atoms with Crippen molar-refractivity contribution in [2.75, 3.05) is 13.1 Å². The maximum Gasteiger partial charge on any atom is 0.292 e. The summed E-state index contributed by atoms with van der Waals surface area (Å²) < 4.78 is 5.22. The molecule has 1 aliphatic heterocycles. The molecule has 2 heterocycles. The summed E-state index contributed by atoms with van der Waals surface area (Å²) in [4.78, 5) is 25.7. The highest BCUT2D eigenvalue weighted by molar-refractivity contribution is 5.92. The summed E-state index contributed by atoms with van der Waals surface area (Å²) in [5, 5.41) is 3.99. The van der Waals surface area contributed by atoms with Crippen LogP contribution in [-0.4, -0.2) is 34.8 Å². The second-order valence-electron chi connectivity index (χ2n) is 6.05. The lowest BCUT2D eigenvalue weighted by atomic mass is 9.94. The van der Waals surface area contributed by atoms with Crippen molar-refractivity contribution in [3.63, 3.8) is 0 Å². The van der Waals surface area contributed by atoms with Gasteiger partial charge in [-0.15, -0.1) is 0 Å². The Hall–Kier alpha value is -2.43. The Labute approximate surface area is 135 Å². The van der Waals surface area contributed by atoms with Gasteiger partial charge in [0.15, 0.2) is 0 Å². The van der Waals surface area contributed by atoms with Gasteiger partial charge in [-0.25, -0.2) is 0 Å².